The van der Waals surface area contributed by atoms with Crippen molar-refractivity contribution in [3.8, 4) is 0 Å². The van der Waals surface area contributed by atoms with E-state index in [-0.39, 0.29) is 5.91 Å². The van der Waals surface area contributed by atoms with Crippen LogP contribution in [0.5, 0.6) is 0 Å². The molecule has 7 heteroatoms. The quantitative estimate of drug-likeness (QED) is 0.631. The first-order valence-electron chi connectivity index (χ1n) is 5.80. The average Bonchev–Trinajstić information content (AvgIpc) is 2.89. The number of amides is 1. The van der Waals surface area contributed by atoms with Crippen LogP contribution in [0, 0.1) is 0 Å². The lowest BCUT2D eigenvalue weighted by molar-refractivity contribution is 0.102. The lowest BCUT2D eigenvalue weighted by Gasteiger charge is -2.07. The van der Waals surface area contributed by atoms with Gasteiger partial charge in [0.2, 0.25) is 0 Å². The van der Waals surface area contributed by atoms with Gasteiger partial charge in [0.15, 0.2) is 0 Å². The minimum Gasteiger partial charge on any atom is -0.399 e. The molecular weight excluding hydrogens is 278 g/mol. The van der Waals surface area contributed by atoms with Crippen molar-refractivity contribution in [2.75, 3.05) is 11.1 Å². The predicted octanol–water partition coefficient (Wildman–Crippen LogP) is 2.45. The molecule has 100 valence electrons. The second kappa shape index (κ2) is 4.82. The SMILES string of the molecule is Nc1ccc(NC(=O)c2ccc3n[nH]nc3c2)c(Cl)c1. The van der Waals surface area contributed by atoms with Gasteiger partial charge < -0.3 is 11.1 Å². The van der Waals surface area contributed by atoms with Gasteiger partial charge in [-0.25, -0.2) is 0 Å². The van der Waals surface area contributed by atoms with Gasteiger partial charge in [0, 0.05) is 11.3 Å². The summed E-state index contributed by atoms with van der Waals surface area (Å²) in [6.45, 7) is 0. The topological polar surface area (TPSA) is 96.7 Å². The van der Waals surface area contributed by atoms with Crippen molar-refractivity contribution >= 4 is 39.9 Å². The number of halogens is 1. The highest BCUT2D eigenvalue weighted by atomic mass is 35.5. The number of H-pyrrole nitrogens is 1. The summed E-state index contributed by atoms with van der Waals surface area (Å²) in [5.41, 5.74) is 8.45. The van der Waals surface area contributed by atoms with Crippen molar-refractivity contribution in [3.63, 3.8) is 0 Å². The Bertz CT molecular complexity index is 798. The molecule has 6 nitrogen and oxygen atoms in total. The Kier molecular flexibility index (Phi) is 3.00. The van der Waals surface area contributed by atoms with Crippen LogP contribution in [0.2, 0.25) is 5.02 Å². The largest absolute Gasteiger partial charge is 0.399 e. The molecule has 2 aromatic carbocycles. The van der Waals surface area contributed by atoms with Gasteiger partial charge in [-0.1, -0.05) is 11.6 Å². The van der Waals surface area contributed by atoms with E-state index >= 15 is 0 Å². The van der Waals surface area contributed by atoms with Crippen LogP contribution in [0.3, 0.4) is 0 Å². The molecule has 0 spiro atoms. The van der Waals surface area contributed by atoms with Crippen LogP contribution in [-0.4, -0.2) is 21.3 Å². The highest BCUT2D eigenvalue weighted by Gasteiger charge is 2.10. The molecule has 20 heavy (non-hydrogen) atoms. The predicted molar refractivity (Wildman–Crippen MR) is 77.7 cm³/mol. The van der Waals surface area contributed by atoms with Crippen LogP contribution in [0.15, 0.2) is 36.4 Å². The summed E-state index contributed by atoms with van der Waals surface area (Å²) in [5, 5.41) is 13.5. The third-order valence-corrected chi connectivity index (χ3v) is 3.13. The van der Waals surface area contributed by atoms with E-state index in [4.69, 9.17) is 17.3 Å². The Morgan fingerprint density at radius 1 is 1.15 bits per heavy atom. The third-order valence-electron chi connectivity index (χ3n) is 2.82. The summed E-state index contributed by atoms with van der Waals surface area (Å²) in [6.07, 6.45) is 0. The number of aromatic nitrogens is 3. The third kappa shape index (κ3) is 2.28. The molecule has 0 unspecified atom stereocenters. The zero-order valence-corrected chi connectivity index (χ0v) is 11.0. The number of benzene rings is 2. The molecular formula is C13H10ClN5O. The minimum atomic E-state index is -0.276. The van der Waals surface area contributed by atoms with Crippen LogP contribution in [0.25, 0.3) is 11.0 Å². The van der Waals surface area contributed by atoms with E-state index in [1.807, 2.05) is 0 Å². The Morgan fingerprint density at radius 3 is 2.75 bits per heavy atom. The number of aromatic amines is 1. The molecule has 0 radical (unpaired) electrons. The molecule has 1 aromatic heterocycles. The highest BCUT2D eigenvalue weighted by molar-refractivity contribution is 6.34. The maximum atomic E-state index is 12.2. The second-order valence-electron chi connectivity index (χ2n) is 4.22. The van der Waals surface area contributed by atoms with E-state index in [1.165, 1.54) is 0 Å². The average molecular weight is 288 g/mol. The summed E-state index contributed by atoms with van der Waals surface area (Å²) in [4.78, 5) is 12.2. The van der Waals surface area contributed by atoms with E-state index < -0.39 is 0 Å². The number of nitrogen functional groups attached to an aromatic ring is 1. The highest BCUT2D eigenvalue weighted by Crippen LogP contribution is 2.24. The van der Waals surface area contributed by atoms with Crippen LogP contribution in [-0.2, 0) is 0 Å². The fourth-order valence-electron chi connectivity index (χ4n) is 1.81. The number of hydrogen-bond acceptors (Lipinski definition) is 4. The van der Waals surface area contributed by atoms with Crippen LogP contribution in [0.4, 0.5) is 11.4 Å². The number of anilines is 2. The zero-order chi connectivity index (χ0) is 14.1. The lowest BCUT2D eigenvalue weighted by atomic mass is 10.2. The summed E-state index contributed by atoms with van der Waals surface area (Å²) in [7, 11) is 0. The van der Waals surface area contributed by atoms with Gasteiger partial charge in [-0.15, -0.1) is 0 Å². The van der Waals surface area contributed by atoms with Crippen LogP contribution < -0.4 is 11.1 Å². The zero-order valence-electron chi connectivity index (χ0n) is 10.2. The maximum absolute atomic E-state index is 12.2. The van der Waals surface area contributed by atoms with Crippen molar-refractivity contribution in [2.24, 2.45) is 0 Å². The summed E-state index contributed by atoms with van der Waals surface area (Å²) < 4.78 is 0. The number of rotatable bonds is 2. The van der Waals surface area contributed by atoms with Crippen molar-refractivity contribution in [1.82, 2.24) is 15.4 Å². The molecule has 0 aliphatic rings. The van der Waals surface area contributed by atoms with E-state index in [9.17, 15) is 4.79 Å². The normalized spacial score (nSPS) is 10.7. The molecule has 3 aromatic rings. The van der Waals surface area contributed by atoms with E-state index in [1.54, 1.807) is 36.4 Å². The number of carbonyl (C=O) groups excluding carboxylic acids is 1. The van der Waals surface area contributed by atoms with E-state index in [2.05, 4.69) is 20.7 Å². The number of nitrogens with one attached hydrogen (secondary N) is 2. The van der Waals surface area contributed by atoms with Crippen LogP contribution in [0.1, 0.15) is 10.4 Å². The first kappa shape index (κ1) is 12.4. The lowest BCUT2D eigenvalue weighted by Crippen LogP contribution is -2.12. The molecule has 0 aliphatic heterocycles. The maximum Gasteiger partial charge on any atom is 0.255 e. The van der Waals surface area contributed by atoms with Gasteiger partial charge in [-0.05, 0) is 36.4 Å². The first-order chi connectivity index (χ1) is 9.63. The molecule has 1 heterocycles. The molecule has 3 rings (SSSR count). The number of nitrogens with zero attached hydrogens (tertiary/aromatic N) is 2. The smallest absolute Gasteiger partial charge is 0.255 e. The Morgan fingerprint density at radius 2 is 1.95 bits per heavy atom. The first-order valence-corrected chi connectivity index (χ1v) is 6.18. The summed E-state index contributed by atoms with van der Waals surface area (Å²) >= 11 is 6.02. The Hall–Kier alpha value is -2.60. The summed E-state index contributed by atoms with van der Waals surface area (Å²) in [6, 6.07) is 9.95. The molecule has 1 amide bonds. The van der Waals surface area contributed by atoms with Gasteiger partial charge in [0.1, 0.15) is 11.0 Å². The van der Waals surface area contributed by atoms with Gasteiger partial charge >= 0.3 is 0 Å². The van der Waals surface area contributed by atoms with Gasteiger partial charge in [-0.3, -0.25) is 4.79 Å². The van der Waals surface area contributed by atoms with Crippen LogP contribution >= 0.6 is 11.6 Å². The number of carbonyl (C=O) groups is 1. The van der Waals surface area contributed by atoms with Gasteiger partial charge in [0.05, 0.1) is 10.7 Å². The molecule has 0 atom stereocenters. The fraction of sp³-hybridized carbons (Fsp3) is 0. The van der Waals surface area contributed by atoms with Gasteiger partial charge in [-0.2, -0.15) is 15.4 Å². The van der Waals surface area contributed by atoms with E-state index in [0.29, 0.717) is 33.0 Å². The van der Waals surface area contributed by atoms with Crippen molar-refractivity contribution in [3.05, 3.63) is 47.0 Å². The monoisotopic (exact) mass is 287 g/mol. The molecule has 0 saturated carbocycles. The number of nitrogens with two attached hydrogens (primary N) is 1. The minimum absolute atomic E-state index is 0.276. The fourth-order valence-corrected chi connectivity index (χ4v) is 2.04. The molecule has 0 fully saturated rings. The molecule has 0 saturated heterocycles. The number of fused-ring (bicyclic) bond motifs is 1. The Labute approximate surface area is 118 Å². The standard InChI is InChI=1S/C13H10ClN5O/c14-9-6-8(15)2-4-10(9)16-13(20)7-1-3-11-12(5-7)18-19-17-11/h1-6H,15H2,(H,16,20)(H,17,18,19). The molecule has 0 aliphatic carbocycles. The van der Waals surface area contributed by atoms with Crippen molar-refractivity contribution in [1.29, 1.82) is 0 Å². The second-order valence-corrected chi connectivity index (χ2v) is 4.63. The van der Waals surface area contributed by atoms with Crippen molar-refractivity contribution in [2.45, 2.75) is 0 Å². The molecule has 4 N–H and O–H groups in total. The van der Waals surface area contributed by atoms with E-state index in [0.717, 1.165) is 0 Å². The molecule has 0 bridgehead atoms. The summed E-state index contributed by atoms with van der Waals surface area (Å²) in [5.74, 6) is -0.276. The van der Waals surface area contributed by atoms with Gasteiger partial charge in [0.25, 0.3) is 5.91 Å². The number of hydrogen-bond donors (Lipinski definition) is 3. The Balaban J connectivity index is 1.88. The van der Waals surface area contributed by atoms with Crippen molar-refractivity contribution < 1.29 is 4.79 Å².